The molecule has 0 bridgehead atoms. The van der Waals surface area contributed by atoms with E-state index in [0.29, 0.717) is 28.1 Å². The number of carbonyl (C=O) groups excluding carboxylic acids is 2. The van der Waals surface area contributed by atoms with E-state index in [0.717, 1.165) is 5.56 Å². The quantitative estimate of drug-likeness (QED) is 0.799. The van der Waals surface area contributed by atoms with E-state index < -0.39 is 34.2 Å². The van der Waals surface area contributed by atoms with Crippen molar-refractivity contribution in [3.63, 3.8) is 0 Å². The highest BCUT2D eigenvalue weighted by Gasteiger charge is 2.34. The van der Waals surface area contributed by atoms with Crippen LogP contribution in [0.1, 0.15) is 32.1 Å². The van der Waals surface area contributed by atoms with Crippen molar-refractivity contribution in [3.8, 4) is 0 Å². The van der Waals surface area contributed by atoms with Crippen LogP contribution < -0.4 is 5.11 Å². The van der Waals surface area contributed by atoms with Gasteiger partial charge in [0.15, 0.2) is 0 Å². The van der Waals surface area contributed by atoms with Gasteiger partial charge in [-0.25, -0.2) is 4.98 Å². The van der Waals surface area contributed by atoms with Crippen molar-refractivity contribution in [1.29, 1.82) is 0 Å². The highest BCUT2D eigenvalue weighted by molar-refractivity contribution is 8.15. The molecule has 0 unspecified atom stereocenters. The predicted molar refractivity (Wildman–Crippen MR) is 72.8 cm³/mol. The van der Waals surface area contributed by atoms with Gasteiger partial charge in [-0.3, -0.25) is 4.79 Å². The number of carboxylic acids is 1. The maximum absolute atomic E-state index is 12.7. The van der Waals surface area contributed by atoms with E-state index in [4.69, 9.17) is 0 Å². The molecular weight excluding hydrogens is 339 g/mol. The summed E-state index contributed by atoms with van der Waals surface area (Å²) in [5.41, 5.74) is -1.88. The fourth-order valence-electron chi connectivity index (χ4n) is 1.54. The van der Waals surface area contributed by atoms with E-state index in [1.54, 1.807) is 18.4 Å². The summed E-state index contributed by atoms with van der Waals surface area (Å²) < 4.78 is 38.5. The molecule has 0 aliphatic heterocycles. The number of alkyl halides is 3. The maximum Gasteiger partial charge on any atom is 0.433 e. The molecule has 0 fully saturated rings. The van der Waals surface area contributed by atoms with Gasteiger partial charge < -0.3 is 9.90 Å². The van der Waals surface area contributed by atoms with Crippen LogP contribution in [-0.2, 0) is 6.18 Å². The minimum atomic E-state index is -4.77. The molecule has 2 aromatic heterocycles. The zero-order valence-electron chi connectivity index (χ0n) is 10.9. The topological polar surface area (TPSA) is 70.1 Å². The van der Waals surface area contributed by atoms with Crippen LogP contribution in [0.2, 0.25) is 0 Å². The molecule has 2 heterocycles. The Bertz CT molecular complexity index is 740. The molecule has 0 atom stereocenters. The van der Waals surface area contributed by atoms with E-state index in [2.05, 4.69) is 4.98 Å². The summed E-state index contributed by atoms with van der Waals surface area (Å²) in [5.74, 6) is -1.76. The van der Waals surface area contributed by atoms with Gasteiger partial charge >= 0.3 is 6.18 Å². The number of hydrogen-bond donors (Lipinski definition) is 0. The molecule has 0 radical (unpaired) electrons. The Morgan fingerprint density at radius 1 is 1.32 bits per heavy atom. The van der Waals surface area contributed by atoms with E-state index >= 15 is 0 Å². The zero-order valence-corrected chi connectivity index (χ0v) is 12.6. The lowest BCUT2D eigenvalue weighted by atomic mass is 10.2. The fourth-order valence-corrected chi connectivity index (χ4v) is 3.40. The Morgan fingerprint density at radius 2 is 2.00 bits per heavy atom. The second-order valence-electron chi connectivity index (χ2n) is 4.21. The largest absolute Gasteiger partial charge is 0.545 e. The van der Waals surface area contributed by atoms with Gasteiger partial charge in [0.2, 0.25) is 5.12 Å². The Morgan fingerprint density at radius 3 is 2.50 bits per heavy atom. The number of rotatable bonds is 3. The number of hydrogen-bond acceptors (Lipinski definition) is 6. The predicted octanol–water partition coefficient (Wildman–Crippen LogP) is 2.77. The molecule has 22 heavy (non-hydrogen) atoms. The van der Waals surface area contributed by atoms with Gasteiger partial charge in [-0.1, -0.05) is 0 Å². The number of aryl methyl sites for hydroxylation is 1. The summed E-state index contributed by atoms with van der Waals surface area (Å²) in [4.78, 5) is 26.2. The molecule has 0 aromatic carbocycles. The number of halogens is 3. The Kier molecular flexibility index (Phi) is 4.57. The fraction of sp³-hybridized carbons (Fsp3) is 0.154. The van der Waals surface area contributed by atoms with Crippen molar-refractivity contribution in [1.82, 2.24) is 4.98 Å². The molecule has 0 amide bonds. The summed E-state index contributed by atoms with van der Waals surface area (Å²) in [5, 5.41) is 11.8. The standard InChI is InChI=1S/C13H8F3NO3S2/c1-6-4-9(21-5-6)22-12(20)10-7(11(18)19)2-3-8(17-10)13(14,15)16/h2-5H,1H3,(H,18,19)/p-1. The van der Waals surface area contributed by atoms with Crippen LogP contribution in [0.15, 0.2) is 27.8 Å². The molecule has 2 rings (SSSR count). The minimum absolute atomic E-state index is 0.502. The monoisotopic (exact) mass is 346 g/mol. The Balaban J connectivity index is 2.42. The summed E-state index contributed by atoms with van der Waals surface area (Å²) >= 11 is 1.85. The third-order valence-electron chi connectivity index (χ3n) is 2.50. The number of pyridine rings is 1. The van der Waals surface area contributed by atoms with Crippen molar-refractivity contribution in [2.45, 2.75) is 17.3 Å². The van der Waals surface area contributed by atoms with Crippen molar-refractivity contribution < 1.29 is 27.9 Å². The second-order valence-corrected chi connectivity index (χ2v) is 6.39. The van der Waals surface area contributed by atoms with Gasteiger partial charge in [-0.15, -0.1) is 11.3 Å². The SMILES string of the molecule is Cc1csc(SC(=O)c2nc(C(F)(F)F)ccc2C(=O)[O-])c1. The summed E-state index contributed by atoms with van der Waals surface area (Å²) in [6.07, 6.45) is -4.77. The van der Waals surface area contributed by atoms with Crippen LogP contribution in [-0.4, -0.2) is 16.1 Å². The first-order chi connectivity index (χ1) is 10.2. The lowest BCUT2D eigenvalue weighted by Gasteiger charge is -2.11. The van der Waals surface area contributed by atoms with Crippen LogP contribution >= 0.6 is 23.1 Å². The van der Waals surface area contributed by atoms with Crippen LogP contribution in [0.4, 0.5) is 13.2 Å². The van der Waals surface area contributed by atoms with Gasteiger partial charge in [0.25, 0.3) is 0 Å². The second kappa shape index (κ2) is 6.09. The molecule has 0 spiro atoms. The molecule has 0 saturated carbocycles. The molecule has 0 N–H and O–H groups in total. The van der Waals surface area contributed by atoms with Crippen molar-refractivity contribution in [2.24, 2.45) is 0 Å². The molecule has 0 aliphatic carbocycles. The third kappa shape index (κ3) is 3.66. The van der Waals surface area contributed by atoms with E-state index in [9.17, 15) is 27.9 Å². The summed E-state index contributed by atoms with van der Waals surface area (Å²) in [6.45, 7) is 1.79. The average Bonchev–Trinajstić information content (AvgIpc) is 2.82. The highest BCUT2D eigenvalue weighted by atomic mass is 32.2. The first kappa shape index (κ1) is 16.5. The van der Waals surface area contributed by atoms with Crippen molar-refractivity contribution in [3.05, 3.63) is 46.1 Å². The first-order valence-corrected chi connectivity index (χ1v) is 7.45. The Labute approximate surface area is 131 Å². The smallest absolute Gasteiger partial charge is 0.433 e. The van der Waals surface area contributed by atoms with E-state index in [1.165, 1.54) is 11.3 Å². The molecule has 116 valence electrons. The van der Waals surface area contributed by atoms with Gasteiger partial charge in [-0.2, -0.15) is 13.2 Å². The van der Waals surface area contributed by atoms with Crippen molar-refractivity contribution >= 4 is 34.2 Å². The number of aromatic nitrogens is 1. The summed E-state index contributed by atoms with van der Waals surface area (Å²) in [6, 6.07) is 2.85. The lowest BCUT2D eigenvalue weighted by molar-refractivity contribution is -0.255. The number of thioether (sulfide) groups is 1. The van der Waals surface area contributed by atoms with Gasteiger partial charge in [0, 0.05) is 5.56 Å². The molecule has 2 aromatic rings. The van der Waals surface area contributed by atoms with Crippen LogP contribution in [0.5, 0.6) is 0 Å². The number of nitrogens with zero attached hydrogens (tertiary/aromatic N) is 1. The number of carbonyl (C=O) groups is 2. The van der Waals surface area contributed by atoms with Crippen LogP contribution in [0, 0.1) is 6.92 Å². The van der Waals surface area contributed by atoms with E-state index in [1.807, 2.05) is 0 Å². The van der Waals surface area contributed by atoms with E-state index in [-0.39, 0.29) is 0 Å². The zero-order chi connectivity index (χ0) is 16.5. The third-order valence-corrected chi connectivity index (χ3v) is 4.57. The number of carboxylic acid groups (broad SMARTS) is 1. The van der Waals surface area contributed by atoms with Gasteiger partial charge in [0.05, 0.1) is 10.2 Å². The molecular formula is C13H7F3NO3S2-. The van der Waals surface area contributed by atoms with Crippen LogP contribution in [0.25, 0.3) is 0 Å². The number of thiophene rings is 1. The Hall–Kier alpha value is -1.87. The molecule has 0 saturated heterocycles. The summed E-state index contributed by atoms with van der Waals surface area (Å²) in [7, 11) is 0. The molecule has 0 aliphatic rings. The van der Waals surface area contributed by atoms with Crippen molar-refractivity contribution in [2.75, 3.05) is 0 Å². The lowest BCUT2D eigenvalue weighted by Crippen LogP contribution is -2.26. The maximum atomic E-state index is 12.7. The van der Waals surface area contributed by atoms with Gasteiger partial charge in [0.1, 0.15) is 11.4 Å². The van der Waals surface area contributed by atoms with Crippen LogP contribution in [0.3, 0.4) is 0 Å². The number of aromatic carboxylic acids is 1. The van der Waals surface area contributed by atoms with Gasteiger partial charge in [-0.05, 0) is 47.8 Å². The molecule has 4 nitrogen and oxygen atoms in total. The normalized spacial score (nSPS) is 11.5. The minimum Gasteiger partial charge on any atom is -0.545 e. The average molecular weight is 346 g/mol. The first-order valence-electron chi connectivity index (χ1n) is 5.75. The molecule has 9 heteroatoms. The highest BCUT2D eigenvalue weighted by Crippen LogP contribution is 2.32.